The average Bonchev–Trinajstić information content (AvgIpc) is 3.87. The summed E-state index contributed by atoms with van der Waals surface area (Å²) < 4.78 is 39.9. The van der Waals surface area contributed by atoms with Crippen molar-refractivity contribution in [2.24, 2.45) is 0 Å². The van der Waals surface area contributed by atoms with Crippen LogP contribution in [0, 0.1) is 36.5 Å². The monoisotopic (exact) mass is 916 g/mol. The number of hydrogen-bond donors (Lipinski definition) is 3. The molecule has 0 unspecified atom stereocenters. The van der Waals surface area contributed by atoms with E-state index in [1.807, 2.05) is 4.90 Å². The molecular formula is C50H44N8O10. The van der Waals surface area contributed by atoms with Gasteiger partial charge in [0.1, 0.15) is 57.5 Å². The number of ether oxygens (including phenoxy) is 5. The summed E-state index contributed by atoms with van der Waals surface area (Å²) >= 11 is 0. The highest BCUT2D eigenvalue weighted by Gasteiger charge is 2.22. The van der Waals surface area contributed by atoms with Crippen molar-refractivity contribution in [2.45, 2.75) is 13.8 Å². The Morgan fingerprint density at radius 3 is 1.71 bits per heavy atom. The van der Waals surface area contributed by atoms with Crippen LogP contribution in [0.25, 0.3) is 43.7 Å². The molecule has 0 saturated carbocycles. The smallest absolute Gasteiger partial charge is 0.255 e. The van der Waals surface area contributed by atoms with Gasteiger partial charge in [0, 0.05) is 85.0 Å². The Morgan fingerprint density at radius 2 is 1.19 bits per heavy atom. The molecule has 0 radical (unpaired) electrons. The minimum atomic E-state index is -0.236. The van der Waals surface area contributed by atoms with Crippen molar-refractivity contribution in [1.29, 1.82) is 10.5 Å². The number of methoxy groups -OCH3 is 2. The largest absolute Gasteiger partial charge is 0.493 e. The van der Waals surface area contributed by atoms with Gasteiger partial charge in [-0.25, -0.2) is 0 Å². The summed E-state index contributed by atoms with van der Waals surface area (Å²) in [6.07, 6.45) is 2.90. The topological polar surface area (TPSA) is 236 Å². The number of aryl methyl sites for hydroxylation is 2. The maximum atomic E-state index is 12.6. The number of rotatable bonds is 11. The van der Waals surface area contributed by atoms with Gasteiger partial charge in [-0.05, 0) is 62.4 Å². The van der Waals surface area contributed by atoms with Crippen LogP contribution in [-0.4, -0.2) is 93.8 Å². The average molecular weight is 917 g/mol. The summed E-state index contributed by atoms with van der Waals surface area (Å²) in [4.78, 5) is 47.7. The van der Waals surface area contributed by atoms with Gasteiger partial charge in [0.05, 0.1) is 56.1 Å². The molecular weight excluding hydrogens is 873 g/mol. The van der Waals surface area contributed by atoms with Crippen LogP contribution in [0.1, 0.15) is 43.4 Å². The standard InChI is InChI=1S/C27H25N5O5.C23H19N3O5/c1-16-25(27(34)29-2)20-5-4-19(12-23(20)36-16)37-26-17(13-28)14-30-22-6-3-18(11-21(22)26)31-24(33)15-32-7-9-35-10-8-32;1-12-21(23(27)25-2)15-6-5-14(7-18(15)30-12)31-22-13(10-24)11-26-17-9-20(29-4)19(28-3)8-16(17)22/h3-6,11-12,14H,7-10,15H2,1-2H3,(H,29,34)(H,31,33);5-9,11H,1-4H3,(H,25,27). The van der Waals surface area contributed by atoms with Crippen molar-refractivity contribution in [3.05, 3.63) is 113 Å². The molecule has 0 spiro atoms. The van der Waals surface area contributed by atoms with Gasteiger partial charge in [0.15, 0.2) is 23.0 Å². The number of fused-ring (bicyclic) bond motifs is 4. The summed E-state index contributed by atoms with van der Waals surface area (Å²) in [5, 5.41) is 30.0. The lowest BCUT2D eigenvalue weighted by Gasteiger charge is -2.25. The quantitative estimate of drug-likeness (QED) is 0.112. The van der Waals surface area contributed by atoms with E-state index in [1.165, 1.54) is 19.5 Å². The summed E-state index contributed by atoms with van der Waals surface area (Å²) in [6, 6.07) is 23.2. The molecule has 8 aromatic rings. The number of benzene rings is 4. The Balaban J connectivity index is 0.000000187. The minimum absolute atomic E-state index is 0.140. The molecule has 5 heterocycles. The van der Waals surface area contributed by atoms with Gasteiger partial charge in [-0.1, -0.05) is 0 Å². The number of nitriles is 2. The van der Waals surface area contributed by atoms with E-state index < -0.39 is 0 Å². The molecule has 9 rings (SSSR count). The Kier molecular flexibility index (Phi) is 13.4. The minimum Gasteiger partial charge on any atom is -0.493 e. The zero-order valence-corrected chi connectivity index (χ0v) is 37.9. The molecule has 3 amide bonds. The first kappa shape index (κ1) is 45.8. The number of nitrogens with one attached hydrogen (secondary N) is 3. The van der Waals surface area contributed by atoms with Crippen LogP contribution < -0.4 is 34.9 Å². The van der Waals surface area contributed by atoms with E-state index in [4.69, 9.17) is 32.5 Å². The SMILES string of the molecule is CNC(=O)c1c(C)oc2cc(Oc3c(C#N)cnc4cc(OC)c(OC)cc34)ccc12.CNC(=O)c1c(C)oc2cc(Oc3c(C#N)cnc4ccc(NC(=O)CN5CCOCC5)cc34)ccc12. The number of hydrogen-bond acceptors (Lipinski definition) is 15. The van der Waals surface area contributed by atoms with Crippen molar-refractivity contribution in [1.82, 2.24) is 25.5 Å². The second-order valence-corrected chi connectivity index (χ2v) is 15.4. The molecule has 1 fully saturated rings. The van der Waals surface area contributed by atoms with Crippen molar-refractivity contribution < 1.29 is 46.9 Å². The van der Waals surface area contributed by atoms with E-state index in [2.05, 4.69) is 38.1 Å². The summed E-state index contributed by atoms with van der Waals surface area (Å²) in [6.45, 7) is 6.37. The number of carbonyl (C=O) groups excluding carboxylic acids is 3. The second-order valence-electron chi connectivity index (χ2n) is 15.4. The van der Waals surface area contributed by atoms with Crippen molar-refractivity contribution >= 4 is 67.2 Å². The van der Waals surface area contributed by atoms with E-state index in [0.717, 1.165) is 0 Å². The van der Waals surface area contributed by atoms with Gasteiger partial charge in [-0.3, -0.25) is 29.3 Å². The zero-order valence-electron chi connectivity index (χ0n) is 37.9. The number of furan rings is 2. The van der Waals surface area contributed by atoms with E-state index in [1.54, 1.807) is 102 Å². The van der Waals surface area contributed by atoms with Crippen LogP contribution in [0.4, 0.5) is 5.69 Å². The second kappa shape index (κ2) is 19.8. The third-order valence-corrected chi connectivity index (χ3v) is 11.2. The zero-order chi connectivity index (χ0) is 48.1. The van der Waals surface area contributed by atoms with Crippen LogP contribution in [0.3, 0.4) is 0 Å². The third-order valence-electron chi connectivity index (χ3n) is 11.2. The number of morpholine rings is 1. The molecule has 68 heavy (non-hydrogen) atoms. The highest BCUT2D eigenvalue weighted by Crippen LogP contribution is 2.40. The molecule has 18 nitrogen and oxygen atoms in total. The van der Waals surface area contributed by atoms with Crippen molar-refractivity contribution in [2.75, 3.05) is 66.5 Å². The Morgan fingerprint density at radius 1 is 0.676 bits per heavy atom. The fraction of sp³-hybridized carbons (Fsp3) is 0.220. The van der Waals surface area contributed by atoms with Gasteiger partial charge in [0.2, 0.25) is 5.91 Å². The number of nitrogens with zero attached hydrogens (tertiary/aromatic N) is 5. The van der Waals surface area contributed by atoms with Crippen LogP contribution in [0.2, 0.25) is 0 Å². The molecule has 0 bridgehead atoms. The van der Waals surface area contributed by atoms with Crippen LogP contribution in [0.5, 0.6) is 34.5 Å². The van der Waals surface area contributed by atoms with Crippen molar-refractivity contribution in [3.8, 4) is 46.6 Å². The Hall–Kier alpha value is -8.71. The third kappa shape index (κ3) is 9.22. The number of anilines is 1. The molecule has 18 heteroatoms. The molecule has 4 aromatic carbocycles. The molecule has 1 saturated heterocycles. The highest BCUT2D eigenvalue weighted by molar-refractivity contribution is 6.08. The lowest BCUT2D eigenvalue weighted by molar-refractivity contribution is -0.118. The lowest BCUT2D eigenvalue weighted by Crippen LogP contribution is -2.41. The molecule has 1 aliphatic heterocycles. The molecule has 0 atom stereocenters. The molecule has 0 aliphatic carbocycles. The first-order valence-electron chi connectivity index (χ1n) is 21.2. The van der Waals surface area contributed by atoms with Gasteiger partial charge in [0.25, 0.3) is 11.8 Å². The maximum absolute atomic E-state index is 12.6. The van der Waals surface area contributed by atoms with Crippen LogP contribution >= 0.6 is 0 Å². The van der Waals surface area contributed by atoms with E-state index in [-0.39, 0.29) is 35.4 Å². The molecule has 4 aromatic heterocycles. The van der Waals surface area contributed by atoms with E-state index >= 15 is 0 Å². The highest BCUT2D eigenvalue weighted by atomic mass is 16.5. The van der Waals surface area contributed by atoms with Crippen molar-refractivity contribution in [3.63, 3.8) is 0 Å². The van der Waals surface area contributed by atoms with Gasteiger partial charge in [-0.15, -0.1) is 0 Å². The Bertz CT molecular complexity index is 3360. The first-order chi connectivity index (χ1) is 33.0. The van der Waals surface area contributed by atoms with Gasteiger partial charge >= 0.3 is 0 Å². The summed E-state index contributed by atoms with van der Waals surface area (Å²) in [5.74, 6) is 2.94. The van der Waals surface area contributed by atoms with E-state index in [9.17, 15) is 24.9 Å². The Labute approximate surface area is 388 Å². The van der Waals surface area contributed by atoms with Gasteiger partial charge < -0.3 is 48.5 Å². The normalized spacial score (nSPS) is 12.4. The molecule has 3 N–H and O–H groups in total. The first-order valence-corrected chi connectivity index (χ1v) is 21.2. The lowest BCUT2D eigenvalue weighted by atomic mass is 10.1. The van der Waals surface area contributed by atoms with Crippen LogP contribution in [0.15, 0.2) is 88.0 Å². The molecule has 344 valence electrons. The number of aromatic nitrogens is 2. The van der Waals surface area contributed by atoms with Crippen LogP contribution in [-0.2, 0) is 9.53 Å². The summed E-state index contributed by atoms with van der Waals surface area (Å²) in [5.41, 5.74) is 4.21. The predicted molar refractivity (Wildman–Crippen MR) is 251 cm³/mol. The van der Waals surface area contributed by atoms with E-state index in [0.29, 0.717) is 133 Å². The summed E-state index contributed by atoms with van der Waals surface area (Å²) in [7, 11) is 6.20. The number of pyridine rings is 2. The number of amides is 3. The molecule has 1 aliphatic rings. The number of carbonyl (C=O) groups is 3. The fourth-order valence-electron chi connectivity index (χ4n) is 7.86. The van der Waals surface area contributed by atoms with Gasteiger partial charge in [-0.2, -0.15) is 10.5 Å². The predicted octanol–water partition coefficient (Wildman–Crippen LogP) is 7.91. The maximum Gasteiger partial charge on any atom is 0.255 e. The fourth-order valence-corrected chi connectivity index (χ4v) is 7.86.